The van der Waals surface area contributed by atoms with E-state index in [1.165, 1.54) is 28.5 Å². The molecule has 2 aliphatic heterocycles. The van der Waals surface area contributed by atoms with Gasteiger partial charge in [0.25, 0.3) is 0 Å². The van der Waals surface area contributed by atoms with Gasteiger partial charge in [0, 0.05) is 76.1 Å². The Labute approximate surface area is 199 Å². The molecule has 0 aromatic carbocycles. The largest absolute Gasteiger partial charge is 0.356 e. The lowest BCUT2D eigenvalue weighted by Crippen LogP contribution is -2.52. The van der Waals surface area contributed by atoms with Crippen molar-refractivity contribution in [3.8, 4) is 0 Å². The Bertz CT molecular complexity index is 749. The van der Waals surface area contributed by atoms with Crippen LogP contribution in [0.5, 0.6) is 0 Å². The van der Waals surface area contributed by atoms with Crippen LogP contribution in [0.15, 0.2) is 27.9 Å². The van der Waals surface area contributed by atoms with Gasteiger partial charge in [-0.1, -0.05) is 6.07 Å². The van der Waals surface area contributed by atoms with Gasteiger partial charge >= 0.3 is 0 Å². The highest BCUT2D eigenvalue weighted by atomic mass is 127. The molecule has 6 nitrogen and oxygen atoms in total. The molecule has 0 radical (unpaired) electrons. The summed E-state index contributed by atoms with van der Waals surface area (Å²) in [6, 6.07) is 4.36. The van der Waals surface area contributed by atoms with Crippen LogP contribution in [0.4, 0.5) is 5.13 Å². The number of anilines is 1. The van der Waals surface area contributed by atoms with E-state index in [-0.39, 0.29) is 24.0 Å². The zero-order chi connectivity index (χ0) is 19.2. The number of hydrogen-bond acceptors (Lipinski definition) is 6. The van der Waals surface area contributed by atoms with Crippen LogP contribution in [0.3, 0.4) is 0 Å². The third-order valence-electron chi connectivity index (χ3n) is 5.42. The average molecular weight is 547 g/mol. The summed E-state index contributed by atoms with van der Waals surface area (Å²) in [6.07, 6.45) is 3.54. The number of nitrogens with zero attached hydrogens (tertiary/aromatic N) is 5. The maximum absolute atomic E-state index is 4.82. The summed E-state index contributed by atoms with van der Waals surface area (Å²) in [5.41, 5.74) is 1.19. The predicted molar refractivity (Wildman–Crippen MR) is 135 cm³/mol. The average Bonchev–Trinajstić information content (AvgIpc) is 3.48. The van der Waals surface area contributed by atoms with Crippen LogP contribution in [-0.2, 0) is 13.0 Å². The first-order chi connectivity index (χ1) is 13.8. The molecule has 0 bridgehead atoms. The maximum Gasteiger partial charge on any atom is 0.193 e. The number of thiazole rings is 1. The second-order valence-electron chi connectivity index (χ2n) is 7.38. The van der Waals surface area contributed by atoms with Gasteiger partial charge in [0.2, 0.25) is 0 Å². The highest BCUT2D eigenvalue weighted by Crippen LogP contribution is 2.24. The van der Waals surface area contributed by atoms with E-state index in [4.69, 9.17) is 4.98 Å². The van der Waals surface area contributed by atoms with Crippen molar-refractivity contribution in [1.82, 2.24) is 20.1 Å². The molecular weight excluding hydrogens is 515 g/mol. The standard InChI is InChI=1S/C20H30N6S2.HI/c1-21-19(25-12-10-24(11-13-25)15-18-5-4-14-27-18)22-7-6-17-16-28-20(23-17)26-8-2-3-9-26;/h4-5,14,16H,2-3,6-13,15H2,1H3,(H,21,22);1H. The van der Waals surface area contributed by atoms with Gasteiger partial charge in [-0.25, -0.2) is 4.98 Å². The van der Waals surface area contributed by atoms with Gasteiger partial charge in [-0.05, 0) is 24.3 Å². The van der Waals surface area contributed by atoms with Gasteiger partial charge in [-0.3, -0.25) is 9.89 Å². The van der Waals surface area contributed by atoms with Crippen molar-refractivity contribution in [1.29, 1.82) is 0 Å². The van der Waals surface area contributed by atoms with E-state index in [0.717, 1.165) is 64.7 Å². The Hall–Kier alpha value is -0.910. The van der Waals surface area contributed by atoms with Crippen molar-refractivity contribution in [2.24, 2.45) is 4.99 Å². The molecule has 2 aromatic rings. The van der Waals surface area contributed by atoms with Crippen LogP contribution < -0.4 is 10.2 Å². The van der Waals surface area contributed by atoms with Crippen molar-refractivity contribution in [3.63, 3.8) is 0 Å². The topological polar surface area (TPSA) is 47.0 Å². The summed E-state index contributed by atoms with van der Waals surface area (Å²) < 4.78 is 0. The second kappa shape index (κ2) is 11.5. The highest BCUT2D eigenvalue weighted by Gasteiger charge is 2.20. The summed E-state index contributed by atoms with van der Waals surface area (Å²) in [7, 11) is 1.88. The van der Waals surface area contributed by atoms with Crippen LogP contribution in [0.1, 0.15) is 23.4 Å². The van der Waals surface area contributed by atoms with E-state index in [9.17, 15) is 0 Å². The van der Waals surface area contributed by atoms with Gasteiger partial charge in [-0.2, -0.15) is 0 Å². The number of hydrogen-bond donors (Lipinski definition) is 1. The molecule has 2 aromatic heterocycles. The van der Waals surface area contributed by atoms with Crippen molar-refractivity contribution in [2.75, 3.05) is 57.8 Å². The Kier molecular flexibility index (Phi) is 9.01. The number of nitrogens with one attached hydrogen (secondary N) is 1. The Morgan fingerprint density at radius 3 is 2.62 bits per heavy atom. The molecule has 9 heteroatoms. The maximum atomic E-state index is 4.82. The Balaban J connectivity index is 0.00000240. The van der Waals surface area contributed by atoms with Crippen molar-refractivity contribution >= 4 is 57.7 Å². The number of rotatable bonds is 6. The molecule has 2 aliphatic rings. The molecule has 0 saturated carbocycles. The van der Waals surface area contributed by atoms with Crippen LogP contribution >= 0.6 is 46.7 Å². The summed E-state index contributed by atoms with van der Waals surface area (Å²) in [6.45, 7) is 8.51. The van der Waals surface area contributed by atoms with Crippen LogP contribution in [0.25, 0.3) is 0 Å². The number of thiophene rings is 1. The SMILES string of the molecule is CN=C(NCCc1csc(N2CCCC2)n1)N1CCN(Cc2cccs2)CC1.I. The molecule has 0 atom stereocenters. The van der Waals surface area contributed by atoms with E-state index >= 15 is 0 Å². The molecular formula is C20H31IN6S2. The van der Waals surface area contributed by atoms with E-state index in [0.29, 0.717) is 0 Å². The van der Waals surface area contributed by atoms with Crippen molar-refractivity contribution in [2.45, 2.75) is 25.8 Å². The van der Waals surface area contributed by atoms with Gasteiger partial charge < -0.3 is 15.1 Å². The fraction of sp³-hybridized carbons (Fsp3) is 0.600. The third-order valence-corrected chi connectivity index (χ3v) is 7.24. The quantitative estimate of drug-likeness (QED) is 0.342. The molecule has 1 N–H and O–H groups in total. The molecule has 2 saturated heterocycles. The summed E-state index contributed by atoms with van der Waals surface area (Å²) in [5, 5.41) is 9.10. The van der Waals surface area contributed by atoms with Gasteiger partial charge in [0.15, 0.2) is 11.1 Å². The monoisotopic (exact) mass is 546 g/mol. The number of halogens is 1. The molecule has 4 heterocycles. The fourth-order valence-electron chi connectivity index (χ4n) is 3.84. The third kappa shape index (κ3) is 6.28. The first kappa shape index (κ1) is 22.8. The number of guanidine groups is 1. The molecule has 0 unspecified atom stereocenters. The number of aliphatic imine (C=N–C) groups is 1. The number of piperazine rings is 1. The normalized spacial score (nSPS) is 18.2. The summed E-state index contributed by atoms with van der Waals surface area (Å²) >= 11 is 3.63. The van der Waals surface area contributed by atoms with Crippen molar-refractivity contribution in [3.05, 3.63) is 33.5 Å². The fourth-order valence-corrected chi connectivity index (χ4v) is 5.50. The molecule has 29 heavy (non-hydrogen) atoms. The minimum Gasteiger partial charge on any atom is -0.356 e. The molecule has 0 spiro atoms. The first-order valence-corrected chi connectivity index (χ1v) is 12.0. The van der Waals surface area contributed by atoms with Gasteiger partial charge in [-0.15, -0.1) is 46.7 Å². The molecule has 160 valence electrons. The summed E-state index contributed by atoms with van der Waals surface area (Å²) in [4.78, 5) is 18.1. The Morgan fingerprint density at radius 2 is 1.93 bits per heavy atom. The van der Waals surface area contributed by atoms with E-state index in [2.05, 4.69) is 47.9 Å². The lowest BCUT2D eigenvalue weighted by atomic mass is 10.3. The molecule has 0 amide bonds. The Morgan fingerprint density at radius 1 is 1.14 bits per heavy atom. The number of aromatic nitrogens is 1. The highest BCUT2D eigenvalue weighted by molar-refractivity contribution is 14.0. The molecule has 0 aliphatic carbocycles. The van der Waals surface area contributed by atoms with Gasteiger partial charge in [0.1, 0.15) is 0 Å². The lowest BCUT2D eigenvalue weighted by Gasteiger charge is -2.36. The van der Waals surface area contributed by atoms with Crippen LogP contribution in [-0.4, -0.2) is 73.6 Å². The minimum absolute atomic E-state index is 0. The second-order valence-corrected chi connectivity index (χ2v) is 9.25. The van der Waals surface area contributed by atoms with E-state index in [1.54, 1.807) is 11.3 Å². The minimum atomic E-state index is 0. The molecule has 2 fully saturated rings. The van der Waals surface area contributed by atoms with E-state index in [1.807, 2.05) is 18.4 Å². The van der Waals surface area contributed by atoms with Crippen LogP contribution in [0.2, 0.25) is 0 Å². The van der Waals surface area contributed by atoms with Crippen molar-refractivity contribution < 1.29 is 0 Å². The zero-order valence-corrected chi connectivity index (χ0v) is 21.0. The smallest absolute Gasteiger partial charge is 0.193 e. The zero-order valence-electron chi connectivity index (χ0n) is 17.0. The van der Waals surface area contributed by atoms with Gasteiger partial charge in [0.05, 0.1) is 5.69 Å². The van der Waals surface area contributed by atoms with E-state index < -0.39 is 0 Å². The predicted octanol–water partition coefficient (Wildman–Crippen LogP) is 3.36. The summed E-state index contributed by atoms with van der Waals surface area (Å²) in [5.74, 6) is 1.02. The molecule has 4 rings (SSSR count). The lowest BCUT2D eigenvalue weighted by molar-refractivity contribution is 0.174. The van der Waals surface area contributed by atoms with Crippen LogP contribution in [0, 0.1) is 0 Å². The first-order valence-electron chi connectivity index (χ1n) is 10.2.